The highest BCUT2D eigenvalue weighted by Gasteiger charge is 2.51. The molecule has 1 aliphatic heterocycles. The molecule has 1 fully saturated rings. The van der Waals surface area contributed by atoms with E-state index in [9.17, 15) is 0 Å². The molecule has 3 nitrogen and oxygen atoms in total. The van der Waals surface area contributed by atoms with Gasteiger partial charge in [-0.3, -0.25) is 0 Å². The van der Waals surface area contributed by atoms with Crippen molar-refractivity contribution in [3.63, 3.8) is 0 Å². The summed E-state index contributed by atoms with van der Waals surface area (Å²) < 4.78 is 12.3. The fourth-order valence-electron chi connectivity index (χ4n) is 3.17. The average Bonchev–Trinajstić information content (AvgIpc) is 2.79. The Balaban J connectivity index is 0.00000163. The molecule has 1 aliphatic rings. The second kappa shape index (κ2) is 9.39. The summed E-state index contributed by atoms with van der Waals surface area (Å²) in [4.78, 5) is 2.50. The van der Waals surface area contributed by atoms with Crippen LogP contribution in [0.15, 0.2) is 18.2 Å². The van der Waals surface area contributed by atoms with Gasteiger partial charge in [0.1, 0.15) is 0 Å². The van der Waals surface area contributed by atoms with E-state index in [-0.39, 0.29) is 18.3 Å². The maximum atomic E-state index is 6.16. The van der Waals surface area contributed by atoms with Crippen molar-refractivity contribution < 1.29 is 9.31 Å². The zero-order valence-corrected chi connectivity index (χ0v) is 18.8. The van der Waals surface area contributed by atoms with Crippen LogP contribution >= 0.6 is 0 Å². The minimum Gasteiger partial charge on any atom is -0.399 e. The number of nitrogens with zero attached hydrogens (tertiary/aromatic N) is 1. The molecule has 1 heterocycles. The second-order valence-corrected chi connectivity index (χ2v) is 8.25. The van der Waals surface area contributed by atoms with Crippen LogP contribution in [0.2, 0.25) is 0 Å². The standard InChI is InChI=1S/C20H34BNO2.C2H6/c1-9-22(15(2)3)13-12-17-10-11-18(14-16(17)4)21-23-19(5,6)20(7,8)24-21;1-2/h10-11,14-15H,9,12-13H2,1-8H3;1-2H3. The molecule has 0 spiro atoms. The van der Waals surface area contributed by atoms with Crippen molar-refractivity contribution in [2.24, 2.45) is 0 Å². The van der Waals surface area contributed by atoms with Gasteiger partial charge in [0.25, 0.3) is 0 Å². The number of rotatable bonds is 6. The van der Waals surface area contributed by atoms with E-state index in [0.29, 0.717) is 6.04 Å². The highest BCUT2D eigenvalue weighted by molar-refractivity contribution is 6.62. The van der Waals surface area contributed by atoms with Crippen LogP contribution in [0.1, 0.15) is 73.4 Å². The zero-order valence-electron chi connectivity index (χ0n) is 18.8. The van der Waals surface area contributed by atoms with Gasteiger partial charge in [-0.2, -0.15) is 0 Å². The monoisotopic (exact) mass is 361 g/mol. The van der Waals surface area contributed by atoms with Crippen molar-refractivity contribution >= 4 is 12.6 Å². The summed E-state index contributed by atoms with van der Waals surface area (Å²) in [5, 5.41) is 0. The molecule has 0 aliphatic carbocycles. The summed E-state index contributed by atoms with van der Waals surface area (Å²) in [5.74, 6) is 0. The van der Waals surface area contributed by atoms with Crippen LogP contribution in [0.4, 0.5) is 0 Å². The first-order valence-electron chi connectivity index (χ1n) is 10.3. The first-order valence-corrected chi connectivity index (χ1v) is 10.3. The van der Waals surface area contributed by atoms with E-state index < -0.39 is 0 Å². The maximum absolute atomic E-state index is 6.16. The molecule has 0 radical (unpaired) electrons. The van der Waals surface area contributed by atoms with E-state index in [1.807, 2.05) is 13.8 Å². The Bertz CT molecular complexity index is 553. The summed E-state index contributed by atoms with van der Waals surface area (Å²) in [6.45, 7) is 23.5. The molecule has 4 heteroatoms. The van der Waals surface area contributed by atoms with Crippen LogP contribution in [-0.2, 0) is 15.7 Å². The molecule has 0 unspecified atom stereocenters. The predicted octanol–water partition coefficient (Wildman–Crippen LogP) is 4.59. The van der Waals surface area contributed by atoms with Crippen LogP contribution in [0.25, 0.3) is 0 Å². The lowest BCUT2D eigenvalue weighted by atomic mass is 9.77. The van der Waals surface area contributed by atoms with Crippen LogP contribution in [-0.4, -0.2) is 42.4 Å². The molecule has 0 bridgehead atoms. The lowest BCUT2D eigenvalue weighted by Crippen LogP contribution is -2.41. The van der Waals surface area contributed by atoms with Crippen LogP contribution in [0.5, 0.6) is 0 Å². The van der Waals surface area contributed by atoms with Gasteiger partial charge in [0.15, 0.2) is 0 Å². The molecule has 2 rings (SSSR count). The SMILES string of the molecule is CC.CCN(CCc1ccc(B2OC(C)(C)C(C)(C)O2)cc1C)C(C)C. The highest BCUT2D eigenvalue weighted by Crippen LogP contribution is 2.36. The minimum atomic E-state index is -0.289. The van der Waals surface area contributed by atoms with Gasteiger partial charge in [-0.05, 0) is 78.0 Å². The van der Waals surface area contributed by atoms with Crippen molar-refractivity contribution in [3.8, 4) is 0 Å². The third-order valence-electron chi connectivity index (χ3n) is 5.70. The smallest absolute Gasteiger partial charge is 0.399 e. The fraction of sp³-hybridized carbons (Fsp3) is 0.727. The highest BCUT2D eigenvalue weighted by atomic mass is 16.7. The van der Waals surface area contributed by atoms with Gasteiger partial charge >= 0.3 is 7.12 Å². The zero-order chi connectivity index (χ0) is 20.1. The first-order chi connectivity index (χ1) is 12.1. The van der Waals surface area contributed by atoms with Crippen LogP contribution in [0, 0.1) is 6.92 Å². The number of hydrogen-bond acceptors (Lipinski definition) is 3. The Kier molecular flexibility index (Phi) is 8.38. The number of likely N-dealkylation sites (N-methyl/N-ethyl adjacent to an activating group) is 1. The normalized spacial score (nSPS) is 18.2. The van der Waals surface area contributed by atoms with E-state index in [4.69, 9.17) is 9.31 Å². The maximum Gasteiger partial charge on any atom is 0.494 e. The van der Waals surface area contributed by atoms with E-state index in [1.165, 1.54) is 11.1 Å². The predicted molar refractivity (Wildman–Crippen MR) is 114 cm³/mol. The van der Waals surface area contributed by atoms with Crippen molar-refractivity contribution in [1.29, 1.82) is 0 Å². The average molecular weight is 361 g/mol. The molecule has 26 heavy (non-hydrogen) atoms. The molecule has 148 valence electrons. The topological polar surface area (TPSA) is 21.7 Å². The summed E-state index contributed by atoms with van der Waals surface area (Å²) in [5.41, 5.74) is 3.27. The molecular weight excluding hydrogens is 321 g/mol. The second-order valence-electron chi connectivity index (χ2n) is 8.25. The van der Waals surface area contributed by atoms with Gasteiger partial charge in [0.2, 0.25) is 0 Å². The number of benzene rings is 1. The Labute approximate surface area is 162 Å². The van der Waals surface area contributed by atoms with E-state index >= 15 is 0 Å². The number of hydrogen-bond donors (Lipinski definition) is 0. The van der Waals surface area contributed by atoms with Crippen molar-refractivity contribution in [2.75, 3.05) is 13.1 Å². The third-order valence-corrected chi connectivity index (χ3v) is 5.70. The molecule has 0 amide bonds. The van der Waals surface area contributed by atoms with Crippen molar-refractivity contribution in [2.45, 2.75) is 92.9 Å². The quantitative estimate of drug-likeness (QED) is 0.692. The summed E-state index contributed by atoms with van der Waals surface area (Å²) in [6, 6.07) is 7.22. The summed E-state index contributed by atoms with van der Waals surface area (Å²) in [7, 11) is -0.273. The Morgan fingerprint density at radius 3 is 2.00 bits per heavy atom. The molecule has 0 aromatic heterocycles. The largest absolute Gasteiger partial charge is 0.494 e. The van der Waals surface area contributed by atoms with Crippen molar-refractivity contribution in [1.82, 2.24) is 4.90 Å². The molecule has 0 saturated carbocycles. The first kappa shape index (κ1) is 23.2. The van der Waals surface area contributed by atoms with E-state index in [2.05, 4.69) is 78.5 Å². The molecule has 1 aromatic carbocycles. The van der Waals surface area contributed by atoms with Crippen LogP contribution in [0.3, 0.4) is 0 Å². The summed E-state index contributed by atoms with van der Waals surface area (Å²) >= 11 is 0. The lowest BCUT2D eigenvalue weighted by molar-refractivity contribution is 0.00578. The Hall–Kier alpha value is -0.835. The Morgan fingerprint density at radius 1 is 1.04 bits per heavy atom. The molecule has 1 saturated heterocycles. The summed E-state index contributed by atoms with van der Waals surface area (Å²) in [6.07, 6.45) is 1.08. The molecule has 1 aromatic rings. The van der Waals surface area contributed by atoms with Gasteiger partial charge in [-0.25, -0.2) is 0 Å². The number of aryl methyl sites for hydroxylation is 1. The third kappa shape index (κ3) is 5.34. The minimum absolute atomic E-state index is 0.273. The molecule has 0 N–H and O–H groups in total. The van der Waals surface area contributed by atoms with Gasteiger partial charge in [-0.15, -0.1) is 0 Å². The van der Waals surface area contributed by atoms with Crippen molar-refractivity contribution in [3.05, 3.63) is 29.3 Å². The molecular formula is C22H40BNO2. The lowest BCUT2D eigenvalue weighted by Gasteiger charge is -2.32. The van der Waals surface area contributed by atoms with Gasteiger partial charge in [0.05, 0.1) is 11.2 Å². The van der Waals surface area contributed by atoms with Gasteiger partial charge in [-0.1, -0.05) is 39.0 Å². The fourth-order valence-corrected chi connectivity index (χ4v) is 3.17. The Morgan fingerprint density at radius 2 is 1.58 bits per heavy atom. The molecule has 0 atom stereocenters. The van der Waals surface area contributed by atoms with E-state index in [0.717, 1.165) is 25.0 Å². The van der Waals surface area contributed by atoms with Gasteiger partial charge < -0.3 is 14.2 Å². The van der Waals surface area contributed by atoms with E-state index in [1.54, 1.807) is 0 Å². The van der Waals surface area contributed by atoms with Crippen LogP contribution < -0.4 is 5.46 Å². The van der Waals surface area contributed by atoms with Gasteiger partial charge in [0, 0.05) is 12.6 Å².